The maximum absolute atomic E-state index is 14.1. The summed E-state index contributed by atoms with van der Waals surface area (Å²) in [5.74, 6) is -1.53. The van der Waals surface area contributed by atoms with Crippen LogP contribution in [0.15, 0.2) is 48.5 Å². The topological polar surface area (TPSA) is 4.93 Å². The van der Waals surface area contributed by atoms with Crippen molar-refractivity contribution in [1.82, 2.24) is 4.57 Å². The zero-order chi connectivity index (χ0) is 14.4. The van der Waals surface area contributed by atoms with Gasteiger partial charge in [-0.05, 0) is 43.0 Å². The summed E-state index contributed by atoms with van der Waals surface area (Å²) in [7, 11) is 0. The average Bonchev–Trinajstić information content (AvgIpc) is 2.82. The normalized spacial score (nSPS) is 15.3. The van der Waals surface area contributed by atoms with Crippen LogP contribution in [0.2, 0.25) is 0 Å². The minimum Gasteiger partial charge on any atom is -0.337 e. The van der Waals surface area contributed by atoms with Gasteiger partial charge in [0, 0.05) is 17.1 Å². The van der Waals surface area contributed by atoms with E-state index >= 15 is 0 Å². The zero-order valence-electron chi connectivity index (χ0n) is 11.5. The first-order valence-electron chi connectivity index (χ1n) is 7.30. The first kappa shape index (κ1) is 12.6. The van der Waals surface area contributed by atoms with Gasteiger partial charge in [-0.3, -0.25) is 0 Å². The quantitative estimate of drug-likeness (QED) is 0.600. The van der Waals surface area contributed by atoms with E-state index in [1.54, 1.807) is 12.1 Å². The average molecular weight is 283 g/mol. The van der Waals surface area contributed by atoms with Crippen molar-refractivity contribution in [1.29, 1.82) is 0 Å². The highest BCUT2D eigenvalue weighted by Crippen LogP contribution is 2.40. The Hall–Kier alpha value is -2.16. The predicted molar refractivity (Wildman–Crippen MR) is 80.2 cm³/mol. The lowest BCUT2D eigenvalue weighted by Gasteiger charge is -2.30. The lowest BCUT2D eigenvalue weighted by Crippen LogP contribution is -2.17. The van der Waals surface area contributed by atoms with Crippen molar-refractivity contribution in [3.8, 4) is 11.3 Å². The summed E-state index contributed by atoms with van der Waals surface area (Å²) in [5.41, 5.74) is 2.80. The fourth-order valence-electron chi connectivity index (χ4n) is 3.11. The van der Waals surface area contributed by atoms with Crippen molar-refractivity contribution < 1.29 is 8.78 Å². The molecule has 0 bridgehead atoms. The molecule has 0 spiro atoms. The summed E-state index contributed by atoms with van der Waals surface area (Å²) in [6.45, 7) is 0. The summed E-state index contributed by atoms with van der Waals surface area (Å²) in [6.07, 6.45) is 3.40. The highest BCUT2D eigenvalue weighted by molar-refractivity contribution is 5.88. The van der Waals surface area contributed by atoms with Crippen LogP contribution in [0.25, 0.3) is 22.2 Å². The van der Waals surface area contributed by atoms with Crippen molar-refractivity contribution in [2.45, 2.75) is 25.3 Å². The Morgan fingerprint density at radius 1 is 0.952 bits per heavy atom. The molecular formula is C18H15F2N. The van der Waals surface area contributed by atoms with E-state index in [0.717, 1.165) is 29.6 Å². The largest absolute Gasteiger partial charge is 0.337 e. The van der Waals surface area contributed by atoms with E-state index in [0.29, 0.717) is 11.4 Å². The molecule has 2 aromatic carbocycles. The number of hydrogen-bond donors (Lipinski definition) is 0. The van der Waals surface area contributed by atoms with Crippen LogP contribution in [0.5, 0.6) is 0 Å². The molecule has 1 fully saturated rings. The summed E-state index contributed by atoms with van der Waals surface area (Å²) in [4.78, 5) is 0. The second-order valence-electron chi connectivity index (χ2n) is 5.64. The molecule has 4 rings (SSSR count). The number of aromatic nitrogens is 1. The van der Waals surface area contributed by atoms with Gasteiger partial charge in [-0.1, -0.05) is 30.3 Å². The van der Waals surface area contributed by atoms with E-state index in [1.165, 1.54) is 12.5 Å². The number of halogens is 2. The van der Waals surface area contributed by atoms with Gasteiger partial charge in [0.25, 0.3) is 0 Å². The SMILES string of the molecule is Fc1ccc2c(cc(-c3ccccc3)n2C2CCC2)c1F. The number of rotatable bonds is 2. The van der Waals surface area contributed by atoms with E-state index in [4.69, 9.17) is 0 Å². The summed E-state index contributed by atoms with van der Waals surface area (Å²) >= 11 is 0. The molecule has 0 atom stereocenters. The minimum atomic E-state index is -0.784. The number of nitrogens with zero attached hydrogens (tertiary/aromatic N) is 1. The maximum Gasteiger partial charge on any atom is 0.168 e. The van der Waals surface area contributed by atoms with Crippen LogP contribution >= 0.6 is 0 Å². The van der Waals surface area contributed by atoms with Crippen LogP contribution in [-0.4, -0.2) is 4.57 Å². The second kappa shape index (κ2) is 4.69. The molecule has 1 heterocycles. The molecule has 3 heteroatoms. The molecule has 0 amide bonds. The lowest BCUT2D eigenvalue weighted by molar-refractivity contribution is 0.324. The highest BCUT2D eigenvalue weighted by Gasteiger charge is 2.25. The summed E-state index contributed by atoms with van der Waals surface area (Å²) < 4.78 is 29.8. The van der Waals surface area contributed by atoms with Gasteiger partial charge in [-0.2, -0.15) is 0 Å². The van der Waals surface area contributed by atoms with Gasteiger partial charge >= 0.3 is 0 Å². The van der Waals surface area contributed by atoms with Crippen molar-refractivity contribution >= 4 is 10.9 Å². The minimum absolute atomic E-state index is 0.376. The molecule has 1 nitrogen and oxygen atoms in total. The molecule has 3 aromatic rings. The van der Waals surface area contributed by atoms with Gasteiger partial charge in [0.05, 0.1) is 5.52 Å². The molecule has 1 saturated carbocycles. The Labute approximate surface area is 121 Å². The molecule has 0 saturated heterocycles. The molecule has 1 aromatic heterocycles. The molecule has 1 aliphatic rings. The molecule has 21 heavy (non-hydrogen) atoms. The van der Waals surface area contributed by atoms with E-state index in [1.807, 2.05) is 30.3 Å². The third-order valence-corrected chi connectivity index (χ3v) is 4.42. The van der Waals surface area contributed by atoms with Gasteiger partial charge in [0.2, 0.25) is 0 Å². The summed E-state index contributed by atoms with van der Waals surface area (Å²) in [6, 6.07) is 15.0. The van der Waals surface area contributed by atoms with Gasteiger partial charge in [0.15, 0.2) is 11.6 Å². The monoisotopic (exact) mass is 283 g/mol. The highest BCUT2D eigenvalue weighted by atomic mass is 19.2. The molecular weight excluding hydrogens is 268 g/mol. The third kappa shape index (κ3) is 1.88. The molecule has 0 radical (unpaired) electrons. The Balaban J connectivity index is 2.03. The number of fused-ring (bicyclic) bond motifs is 1. The third-order valence-electron chi connectivity index (χ3n) is 4.42. The first-order valence-corrected chi connectivity index (χ1v) is 7.30. The Kier molecular flexibility index (Phi) is 2.81. The smallest absolute Gasteiger partial charge is 0.168 e. The van der Waals surface area contributed by atoms with Crippen LogP contribution in [0.1, 0.15) is 25.3 Å². The molecule has 0 aliphatic heterocycles. The maximum atomic E-state index is 14.1. The zero-order valence-corrected chi connectivity index (χ0v) is 11.5. The Bertz CT molecular complexity index is 801. The lowest BCUT2D eigenvalue weighted by atomic mass is 9.92. The number of hydrogen-bond acceptors (Lipinski definition) is 0. The van der Waals surface area contributed by atoms with Crippen molar-refractivity contribution in [2.75, 3.05) is 0 Å². The van der Waals surface area contributed by atoms with Crippen molar-refractivity contribution in [3.63, 3.8) is 0 Å². The Morgan fingerprint density at radius 3 is 2.38 bits per heavy atom. The fraction of sp³-hybridized carbons (Fsp3) is 0.222. The van der Waals surface area contributed by atoms with Gasteiger partial charge < -0.3 is 4.57 Å². The van der Waals surface area contributed by atoms with Gasteiger partial charge in [0.1, 0.15) is 0 Å². The predicted octanol–water partition coefficient (Wildman–Crippen LogP) is 5.31. The van der Waals surface area contributed by atoms with Crippen LogP contribution in [0.3, 0.4) is 0 Å². The first-order chi connectivity index (χ1) is 10.3. The van der Waals surface area contributed by atoms with E-state index in [2.05, 4.69) is 4.57 Å². The van der Waals surface area contributed by atoms with Crippen LogP contribution < -0.4 is 0 Å². The Morgan fingerprint density at radius 2 is 1.71 bits per heavy atom. The van der Waals surface area contributed by atoms with Crippen LogP contribution in [-0.2, 0) is 0 Å². The second-order valence-corrected chi connectivity index (χ2v) is 5.64. The fourth-order valence-corrected chi connectivity index (χ4v) is 3.11. The van der Waals surface area contributed by atoms with Crippen molar-refractivity contribution in [2.24, 2.45) is 0 Å². The van der Waals surface area contributed by atoms with E-state index in [-0.39, 0.29) is 0 Å². The van der Waals surface area contributed by atoms with E-state index in [9.17, 15) is 8.78 Å². The standard InChI is InChI=1S/C18H15F2N/c19-15-9-10-16-14(18(15)20)11-17(12-5-2-1-3-6-12)21(16)13-7-4-8-13/h1-3,5-6,9-11,13H,4,7-8H2. The molecule has 0 N–H and O–H groups in total. The molecule has 1 aliphatic carbocycles. The van der Waals surface area contributed by atoms with Crippen LogP contribution in [0.4, 0.5) is 8.78 Å². The molecule has 0 unspecified atom stereocenters. The molecule has 106 valence electrons. The summed E-state index contributed by atoms with van der Waals surface area (Å²) in [5, 5.41) is 0.376. The van der Waals surface area contributed by atoms with Crippen LogP contribution in [0, 0.1) is 11.6 Å². The van der Waals surface area contributed by atoms with E-state index < -0.39 is 11.6 Å². The van der Waals surface area contributed by atoms with Gasteiger partial charge in [-0.25, -0.2) is 8.78 Å². The van der Waals surface area contributed by atoms with Crippen molar-refractivity contribution in [3.05, 3.63) is 60.2 Å². The number of benzene rings is 2. The van der Waals surface area contributed by atoms with Gasteiger partial charge in [-0.15, -0.1) is 0 Å².